The van der Waals surface area contributed by atoms with Gasteiger partial charge in [0.2, 0.25) is 0 Å². The van der Waals surface area contributed by atoms with Gasteiger partial charge in [0.25, 0.3) is 0 Å². The highest BCUT2D eigenvalue weighted by Crippen LogP contribution is 2.39. The highest BCUT2D eigenvalue weighted by Gasteiger charge is 2.20. The van der Waals surface area contributed by atoms with E-state index in [1.807, 2.05) is 31.1 Å². The lowest BCUT2D eigenvalue weighted by atomic mass is 9.85. The van der Waals surface area contributed by atoms with Crippen LogP contribution in [0.25, 0.3) is 22.0 Å². The highest BCUT2D eigenvalue weighted by molar-refractivity contribution is 6.08. The lowest BCUT2D eigenvalue weighted by Gasteiger charge is -2.22. The number of anilines is 1. The molecule has 0 radical (unpaired) electrons. The standard InChI is InChI=1S/C23H26N2O2/c1-12-13(2)15(4)20(16(5)14(12)3)17-9-8-10-18-21(17)24-11-19(23(26)27)22(18)25(6)7/h8-11H,1-7H3,(H,26,27). The SMILES string of the molecule is Cc1c(C)c(C)c(-c2cccc3c(N(C)C)c(C(=O)O)cnc23)c(C)c1C. The van der Waals surface area contributed by atoms with Crippen LogP contribution in [0.4, 0.5) is 5.69 Å². The molecule has 0 saturated carbocycles. The third-order valence-corrected chi connectivity index (χ3v) is 5.82. The summed E-state index contributed by atoms with van der Waals surface area (Å²) in [5.74, 6) is -0.965. The fraction of sp³-hybridized carbons (Fsp3) is 0.304. The molecule has 4 heteroatoms. The molecule has 0 saturated heterocycles. The molecule has 0 bridgehead atoms. The zero-order valence-electron chi connectivity index (χ0n) is 17.1. The molecule has 0 aliphatic carbocycles. The zero-order chi connectivity index (χ0) is 20.0. The lowest BCUT2D eigenvalue weighted by Crippen LogP contribution is -2.15. The van der Waals surface area contributed by atoms with Crippen LogP contribution in [-0.2, 0) is 0 Å². The van der Waals surface area contributed by atoms with E-state index < -0.39 is 5.97 Å². The van der Waals surface area contributed by atoms with E-state index in [4.69, 9.17) is 0 Å². The summed E-state index contributed by atoms with van der Waals surface area (Å²) in [4.78, 5) is 18.1. The molecule has 140 valence electrons. The smallest absolute Gasteiger partial charge is 0.339 e. The van der Waals surface area contributed by atoms with Gasteiger partial charge < -0.3 is 10.0 Å². The van der Waals surface area contributed by atoms with Gasteiger partial charge in [-0.1, -0.05) is 18.2 Å². The minimum absolute atomic E-state index is 0.217. The van der Waals surface area contributed by atoms with Crippen LogP contribution < -0.4 is 4.90 Å². The van der Waals surface area contributed by atoms with E-state index >= 15 is 0 Å². The van der Waals surface area contributed by atoms with E-state index in [0.29, 0.717) is 5.69 Å². The van der Waals surface area contributed by atoms with Gasteiger partial charge in [-0.05, 0) is 68.0 Å². The van der Waals surface area contributed by atoms with Gasteiger partial charge in [0.15, 0.2) is 0 Å². The number of carboxylic acid groups (broad SMARTS) is 1. The maximum absolute atomic E-state index is 11.7. The molecule has 3 aromatic rings. The van der Waals surface area contributed by atoms with E-state index in [1.165, 1.54) is 39.6 Å². The largest absolute Gasteiger partial charge is 0.478 e. The summed E-state index contributed by atoms with van der Waals surface area (Å²) < 4.78 is 0. The first kappa shape index (κ1) is 18.9. The van der Waals surface area contributed by atoms with Crippen molar-refractivity contribution >= 4 is 22.6 Å². The highest BCUT2D eigenvalue weighted by atomic mass is 16.4. The lowest BCUT2D eigenvalue weighted by molar-refractivity contribution is 0.0697. The number of nitrogens with zero attached hydrogens (tertiary/aromatic N) is 2. The number of aromatic nitrogens is 1. The van der Waals surface area contributed by atoms with Gasteiger partial charge in [0.1, 0.15) is 5.56 Å². The van der Waals surface area contributed by atoms with Gasteiger partial charge in [0.05, 0.1) is 11.2 Å². The molecule has 0 atom stereocenters. The minimum Gasteiger partial charge on any atom is -0.478 e. The Balaban J connectivity index is 2.47. The van der Waals surface area contributed by atoms with Crippen molar-refractivity contribution in [1.82, 2.24) is 4.98 Å². The van der Waals surface area contributed by atoms with Gasteiger partial charge >= 0.3 is 5.97 Å². The first-order valence-corrected chi connectivity index (χ1v) is 9.06. The normalized spacial score (nSPS) is 11.1. The van der Waals surface area contributed by atoms with Crippen molar-refractivity contribution in [3.8, 4) is 11.1 Å². The van der Waals surface area contributed by atoms with Crippen LogP contribution in [-0.4, -0.2) is 30.2 Å². The fourth-order valence-electron chi connectivity index (χ4n) is 3.95. The molecule has 1 aromatic heterocycles. The molecule has 0 aliphatic rings. The average Bonchev–Trinajstić information content (AvgIpc) is 2.63. The number of hydrogen-bond donors (Lipinski definition) is 1. The summed E-state index contributed by atoms with van der Waals surface area (Å²) >= 11 is 0. The molecule has 1 heterocycles. The zero-order valence-corrected chi connectivity index (χ0v) is 17.1. The monoisotopic (exact) mass is 362 g/mol. The van der Waals surface area contributed by atoms with E-state index in [9.17, 15) is 9.90 Å². The molecule has 27 heavy (non-hydrogen) atoms. The third-order valence-electron chi connectivity index (χ3n) is 5.82. The second-order valence-electron chi connectivity index (χ2n) is 7.42. The molecule has 4 nitrogen and oxygen atoms in total. The van der Waals surface area contributed by atoms with E-state index in [0.717, 1.165) is 16.5 Å². The van der Waals surface area contributed by atoms with Crippen LogP contribution in [0, 0.1) is 34.6 Å². The van der Waals surface area contributed by atoms with Crippen molar-refractivity contribution in [2.75, 3.05) is 19.0 Å². The van der Waals surface area contributed by atoms with Gasteiger partial charge in [-0.15, -0.1) is 0 Å². The van der Waals surface area contributed by atoms with Crippen LogP contribution in [0.2, 0.25) is 0 Å². The molecule has 3 rings (SSSR count). The molecular weight excluding hydrogens is 336 g/mol. The Hall–Kier alpha value is -2.88. The van der Waals surface area contributed by atoms with Crippen molar-refractivity contribution in [1.29, 1.82) is 0 Å². The number of pyridine rings is 1. The number of rotatable bonds is 3. The Labute approximate surface area is 160 Å². The van der Waals surface area contributed by atoms with Crippen molar-refractivity contribution in [3.05, 3.63) is 57.8 Å². The number of para-hydroxylation sites is 1. The third kappa shape index (κ3) is 2.85. The van der Waals surface area contributed by atoms with Gasteiger partial charge in [-0.25, -0.2) is 4.79 Å². The van der Waals surface area contributed by atoms with Crippen molar-refractivity contribution in [3.63, 3.8) is 0 Å². The molecule has 1 N–H and O–H groups in total. The second kappa shape index (κ2) is 6.69. The predicted molar refractivity (Wildman–Crippen MR) is 112 cm³/mol. The molecular formula is C23H26N2O2. The number of benzene rings is 2. The summed E-state index contributed by atoms with van der Waals surface area (Å²) in [6, 6.07) is 6.02. The topological polar surface area (TPSA) is 53.4 Å². The van der Waals surface area contributed by atoms with Gasteiger partial charge in [0, 0.05) is 31.2 Å². The minimum atomic E-state index is -0.965. The van der Waals surface area contributed by atoms with Crippen LogP contribution >= 0.6 is 0 Å². The second-order valence-corrected chi connectivity index (χ2v) is 7.42. The van der Waals surface area contributed by atoms with E-state index in [-0.39, 0.29) is 5.56 Å². The number of hydrogen-bond acceptors (Lipinski definition) is 3. The molecule has 0 fully saturated rings. The summed E-state index contributed by atoms with van der Waals surface area (Å²) in [6.07, 6.45) is 1.47. The quantitative estimate of drug-likeness (QED) is 0.695. The molecule has 0 unspecified atom stereocenters. The first-order valence-electron chi connectivity index (χ1n) is 9.06. The Morgan fingerprint density at radius 3 is 2.00 bits per heavy atom. The first-order chi connectivity index (χ1) is 12.7. The van der Waals surface area contributed by atoms with E-state index in [1.54, 1.807) is 0 Å². The number of aromatic carboxylic acids is 1. The average molecular weight is 362 g/mol. The summed E-state index contributed by atoms with van der Waals surface area (Å²) in [7, 11) is 3.73. The predicted octanol–water partition coefficient (Wildman–Crippen LogP) is 5.21. The van der Waals surface area contributed by atoms with E-state index in [2.05, 4.69) is 45.7 Å². The maximum Gasteiger partial charge on any atom is 0.339 e. The maximum atomic E-state index is 11.7. The fourth-order valence-corrected chi connectivity index (χ4v) is 3.95. The number of fused-ring (bicyclic) bond motifs is 1. The van der Waals surface area contributed by atoms with Crippen molar-refractivity contribution in [2.24, 2.45) is 0 Å². The van der Waals surface area contributed by atoms with Crippen LogP contribution in [0.5, 0.6) is 0 Å². The Bertz CT molecular complexity index is 1050. The van der Waals surface area contributed by atoms with Crippen molar-refractivity contribution < 1.29 is 9.90 Å². The summed E-state index contributed by atoms with van der Waals surface area (Å²) in [5.41, 5.74) is 10.4. The Morgan fingerprint density at radius 1 is 0.926 bits per heavy atom. The van der Waals surface area contributed by atoms with Gasteiger partial charge in [-0.3, -0.25) is 4.98 Å². The van der Waals surface area contributed by atoms with Crippen LogP contribution in [0.3, 0.4) is 0 Å². The van der Waals surface area contributed by atoms with Crippen LogP contribution in [0.1, 0.15) is 38.2 Å². The number of carboxylic acids is 1. The molecule has 0 amide bonds. The molecule has 0 aliphatic heterocycles. The molecule has 0 spiro atoms. The van der Waals surface area contributed by atoms with Gasteiger partial charge in [-0.2, -0.15) is 0 Å². The van der Waals surface area contributed by atoms with Crippen LogP contribution in [0.15, 0.2) is 24.4 Å². The van der Waals surface area contributed by atoms with Crippen molar-refractivity contribution in [2.45, 2.75) is 34.6 Å². The summed E-state index contributed by atoms with van der Waals surface area (Å²) in [6.45, 7) is 10.8. The Morgan fingerprint density at radius 2 is 1.48 bits per heavy atom. The molecule has 2 aromatic carbocycles. The Kier molecular flexibility index (Phi) is 4.68. The summed E-state index contributed by atoms with van der Waals surface area (Å²) in [5, 5.41) is 10.4. The number of carbonyl (C=O) groups is 1.